The zero-order chi connectivity index (χ0) is 14.3. The standard InChI is InChI=1S/C16H28N2O2/c1-16(2,3)20-15(19)17-9-8-12(10-17)11-18(13-4-5-13)14-6-7-14/h12-14H,4-11H2,1-3H3/t12-/m1/s1. The lowest BCUT2D eigenvalue weighted by Crippen LogP contribution is -2.37. The number of likely N-dealkylation sites (tertiary alicyclic amines) is 1. The van der Waals surface area contributed by atoms with E-state index in [9.17, 15) is 4.79 Å². The van der Waals surface area contributed by atoms with E-state index >= 15 is 0 Å². The molecule has 0 aromatic heterocycles. The third kappa shape index (κ3) is 3.66. The van der Waals surface area contributed by atoms with Crippen LogP contribution in [0.2, 0.25) is 0 Å². The topological polar surface area (TPSA) is 32.8 Å². The molecule has 1 saturated heterocycles. The van der Waals surface area contributed by atoms with Crippen LogP contribution in [0.15, 0.2) is 0 Å². The second-order valence-corrected chi connectivity index (χ2v) is 7.74. The summed E-state index contributed by atoms with van der Waals surface area (Å²) in [4.78, 5) is 16.7. The number of amides is 1. The number of rotatable bonds is 4. The molecule has 20 heavy (non-hydrogen) atoms. The predicted molar refractivity (Wildman–Crippen MR) is 78.7 cm³/mol. The Morgan fingerprint density at radius 1 is 1.15 bits per heavy atom. The van der Waals surface area contributed by atoms with E-state index in [0.717, 1.165) is 31.6 Å². The van der Waals surface area contributed by atoms with Gasteiger partial charge in [-0.15, -0.1) is 0 Å². The van der Waals surface area contributed by atoms with Crippen LogP contribution in [0.1, 0.15) is 52.9 Å². The predicted octanol–water partition coefficient (Wildman–Crippen LogP) is 2.87. The summed E-state index contributed by atoms with van der Waals surface area (Å²) in [6.07, 6.45) is 6.55. The molecular formula is C16H28N2O2. The highest BCUT2D eigenvalue weighted by molar-refractivity contribution is 5.68. The maximum atomic E-state index is 12.1. The van der Waals surface area contributed by atoms with Gasteiger partial charge in [-0.25, -0.2) is 4.79 Å². The number of carbonyl (C=O) groups is 1. The van der Waals surface area contributed by atoms with Crippen molar-refractivity contribution in [1.29, 1.82) is 0 Å². The Labute approximate surface area is 122 Å². The van der Waals surface area contributed by atoms with Gasteiger partial charge >= 0.3 is 6.09 Å². The van der Waals surface area contributed by atoms with Gasteiger partial charge < -0.3 is 9.64 Å². The molecule has 3 aliphatic rings. The van der Waals surface area contributed by atoms with Gasteiger partial charge in [-0.3, -0.25) is 4.90 Å². The molecule has 1 amide bonds. The average Bonchev–Trinajstić information content (AvgIpc) is 3.24. The van der Waals surface area contributed by atoms with E-state index in [1.165, 1.54) is 32.2 Å². The van der Waals surface area contributed by atoms with Gasteiger partial charge in [-0.1, -0.05) is 0 Å². The molecule has 3 fully saturated rings. The van der Waals surface area contributed by atoms with E-state index in [-0.39, 0.29) is 11.7 Å². The van der Waals surface area contributed by atoms with Crippen LogP contribution in [0.25, 0.3) is 0 Å². The van der Waals surface area contributed by atoms with Crippen LogP contribution in [0.3, 0.4) is 0 Å². The normalized spacial score (nSPS) is 27.2. The summed E-state index contributed by atoms with van der Waals surface area (Å²) in [5, 5.41) is 0. The minimum Gasteiger partial charge on any atom is -0.444 e. The zero-order valence-corrected chi connectivity index (χ0v) is 13.1. The molecule has 0 aromatic carbocycles. The fraction of sp³-hybridized carbons (Fsp3) is 0.938. The first-order chi connectivity index (χ1) is 9.42. The van der Waals surface area contributed by atoms with E-state index in [0.29, 0.717) is 5.92 Å². The molecule has 2 saturated carbocycles. The Balaban J connectivity index is 1.47. The summed E-state index contributed by atoms with van der Waals surface area (Å²) >= 11 is 0. The first-order valence-electron chi connectivity index (χ1n) is 8.16. The van der Waals surface area contributed by atoms with E-state index < -0.39 is 0 Å². The summed E-state index contributed by atoms with van der Waals surface area (Å²) in [5.41, 5.74) is -0.386. The van der Waals surface area contributed by atoms with E-state index in [1.54, 1.807) is 0 Å². The molecule has 0 radical (unpaired) electrons. The van der Waals surface area contributed by atoms with Gasteiger partial charge in [0.05, 0.1) is 0 Å². The van der Waals surface area contributed by atoms with Gasteiger partial charge in [-0.2, -0.15) is 0 Å². The van der Waals surface area contributed by atoms with Crippen molar-refractivity contribution in [3.63, 3.8) is 0 Å². The Kier molecular flexibility index (Phi) is 3.69. The second kappa shape index (κ2) is 5.21. The SMILES string of the molecule is CC(C)(C)OC(=O)N1CC[C@@H](CN(C2CC2)C2CC2)C1. The second-order valence-electron chi connectivity index (χ2n) is 7.74. The zero-order valence-electron chi connectivity index (χ0n) is 13.1. The van der Waals surface area contributed by atoms with Crippen molar-refractivity contribution in [2.45, 2.75) is 70.6 Å². The summed E-state index contributed by atoms with van der Waals surface area (Å²) in [6.45, 7) is 8.73. The van der Waals surface area contributed by atoms with Crippen molar-refractivity contribution in [1.82, 2.24) is 9.80 Å². The molecule has 0 spiro atoms. The van der Waals surface area contributed by atoms with E-state index in [4.69, 9.17) is 4.74 Å². The smallest absolute Gasteiger partial charge is 0.410 e. The maximum Gasteiger partial charge on any atom is 0.410 e. The molecule has 1 aliphatic heterocycles. The van der Waals surface area contributed by atoms with Crippen LogP contribution >= 0.6 is 0 Å². The first-order valence-corrected chi connectivity index (χ1v) is 8.16. The number of hydrogen-bond donors (Lipinski definition) is 0. The van der Waals surface area contributed by atoms with Gasteiger partial charge in [0.15, 0.2) is 0 Å². The summed E-state index contributed by atoms with van der Waals surface area (Å²) < 4.78 is 5.47. The van der Waals surface area contributed by atoms with Crippen molar-refractivity contribution in [3.05, 3.63) is 0 Å². The van der Waals surface area contributed by atoms with Crippen LogP contribution in [-0.4, -0.2) is 53.2 Å². The average molecular weight is 280 g/mol. The lowest BCUT2D eigenvalue weighted by molar-refractivity contribution is 0.0285. The molecular weight excluding hydrogens is 252 g/mol. The Morgan fingerprint density at radius 2 is 1.75 bits per heavy atom. The minimum atomic E-state index is -0.386. The number of carbonyl (C=O) groups excluding carboxylic acids is 1. The maximum absolute atomic E-state index is 12.1. The van der Waals surface area contributed by atoms with Crippen molar-refractivity contribution in [2.24, 2.45) is 5.92 Å². The molecule has 114 valence electrons. The fourth-order valence-corrected chi connectivity index (χ4v) is 3.18. The van der Waals surface area contributed by atoms with E-state index in [2.05, 4.69) is 4.90 Å². The summed E-state index contributed by atoms with van der Waals surface area (Å²) in [5.74, 6) is 0.642. The molecule has 2 aliphatic carbocycles. The summed E-state index contributed by atoms with van der Waals surface area (Å²) in [7, 11) is 0. The van der Waals surface area contributed by atoms with Crippen LogP contribution in [0.5, 0.6) is 0 Å². The molecule has 4 nitrogen and oxygen atoms in total. The van der Waals surface area contributed by atoms with Crippen LogP contribution < -0.4 is 0 Å². The quantitative estimate of drug-likeness (QED) is 0.794. The monoisotopic (exact) mass is 280 g/mol. The van der Waals surface area contributed by atoms with Gasteiger partial charge in [0.25, 0.3) is 0 Å². The molecule has 3 rings (SSSR count). The number of ether oxygens (including phenoxy) is 1. The highest BCUT2D eigenvalue weighted by Crippen LogP contribution is 2.38. The van der Waals surface area contributed by atoms with Crippen LogP contribution in [-0.2, 0) is 4.74 Å². The molecule has 1 atom stereocenters. The third-order valence-corrected chi connectivity index (χ3v) is 4.44. The third-order valence-electron chi connectivity index (χ3n) is 4.44. The van der Waals surface area contributed by atoms with Crippen molar-refractivity contribution >= 4 is 6.09 Å². The van der Waals surface area contributed by atoms with Gasteiger partial charge in [-0.05, 0) is 58.8 Å². The molecule has 0 bridgehead atoms. The Bertz CT molecular complexity index is 357. The first kappa shape index (κ1) is 14.2. The van der Waals surface area contributed by atoms with Crippen molar-refractivity contribution < 1.29 is 9.53 Å². The lowest BCUT2D eigenvalue weighted by atomic mass is 10.1. The fourth-order valence-electron chi connectivity index (χ4n) is 3.18. The van der Waals surface area contributed by atoms with Crippen molar-refractivity contribution in [3.8, 4) is 0 Å². The van der Waals surface area contributed by atoms with Crippen molar-refractivity contribution in [2.75, 3.05) is 19.6 Å². The largest absolute Gasteiger partial charge is 0.444 e. The number of hydrogen-bond acceptors (Lipinski definition) is 3. The van der Waals surface area contributed by atoms with E-state index in [1.807, 2.05) is 25.7 Å². The van der Waals surface area contributed by atoms with Crippen LogP contribution in [0.4, 0.5) is 4.79 Å². The van der Waals surface area contributed by atoms with Gasteiger partial charge in [0.2, 0.25) is 0 Å². The Morgan fingerprint density at radius 3 is 2.25 bits per heavy atom. The molecule has 0 N–H and O–H groups in total. The van der Waals surface area contributed by atoms with Gasteiger partial charge in [0.1, 0.15) is 5.60 Å². The molecule has 1 heterocycles. The summed E-state index contributed by atoms with van der Waals surface area (Å²) in [6, 6.07) is 1.72. The Hall–Kier alpha value is -0.770. The molecule has 4 heteroatoms. The minimum absolute atomic E-state index is 0.135. The lowest BCUT2D eigenvalue weighted by Gasteiger charge is -2.26. The highest BCUT2D eigenvalue weighted by atomic mass is 16.6. The number of nitrogens with zero attached hydrogens (tertiary/aromatic N) is 2. The van der Waals surface area contributed by atoms with Gasteiger partial charge in [0, 0.05) is 31.7 Å². The molecule has 0 aromatic rings. The van der Waals surface area contributed by atoms with Crippen LogP contribution in [0, 0.1) is 5.92 Å². The molecule has 0 unspecified atom stereocenters. The highest BCUT2D eigenvalue weighted by Gasteiger charge is 2.41.